The molecule has 0 bridgehead atoms. The first-order valence-corrected chi connectivity index (χ1v) is 26.7. The molecule has 3 fully saturated rings. The van der Waals surface area contributed by atoms with Crippen molar-refractivity contribution in [3.8, 4) is 0 Å². The molecular weight excluding hydrogens is 1090 g/mol. The number of aromatic amines is 2. The minimum atomic E-state index is -6.25. The number of halogens is 1. The van der Waals surface area contributed by atoms with Gasteiger partial charge in [-0.2, -0.15) is 13.6 Å². The van der Waals surface area contributed by atoms with E-state index in [4.69, 9.17) is 45.0 Å². The number of aliphatic hydroxyl groups is 4. The van der Waals surface area contributed by atoms with Gasteiger partial charge in [-0.05, 0) is 0 Å². The Bertz CT molecular complexity index is 3450. The smallest absolute Gasteiger partial charge is 0.387 e. The van der Waals surface area contributed by atoms with Crippen LogP contribution in [0.4, 0.5) is 22.1 Å². The summed E-state index contributed by atoms with van der Waals surface area (Å²) in [5, 5.41) is 43.0. The number of fused-ring (bicyclic) bond motifs is 3. The van der Waals surface area contributed by atoms with Gasteiger partial charge in [0.15, 0.2) is 47.6 Å². The fourth-order valence-corrected chi connectivity index (χ4v) is 12.5. The number of rotatable bonds is 18. The van der Waals surface area contributed by atoms with Crippen LogP contribution < -0.4 is 32.9 Å². The summed E-state index contributed by atoms with van der Waals surface area (Å²) in [7, 11) is -22.3. The van der Waals surface area contributed by atoms with Crippen LogP contribution >= 0.6 is 31.3 Å². The lowest BCUT2D eigenvalue weighted by Crippen LogP contribution is -2.46. The second-order valence-electron chi connectivity index (χ2n) is 16.2. The number of phosphoric ester groups is 3. The number of hydrogen-bond acceptors (Lipinski definition) is 28. The number of aliphatic hydroxyl groups excluding tert-OH is 4. The average molecular weight is 1130 g/mol. The fourth-order valence-electron chi connectivity index (χ4n) is 8.02. The Balaban J connectivity index is 0.850. The van der Waals surface area contributed by atoms with Gasteiger partial charge in [-0.15, -0.1) is 0 Å². The zero-order valence-electron chi connectivity index (χ0n) is 36.9. The summed E-state index contributed by atoms with van der Waals surface area (Å²) < 4.78 is 118. The number of anilines is 3. The van der Waals surface area contributed by atoms with Crippen LogP contribution in [-0.2, 0) is 66.2 Å². The van der Waals surface area contributed by atoms with Crippen molar-refractivity contribution in [2.75, 3.05) is 37.0 Å². The van der Waals surface area contributed by atoms with E-state index in [-0.39, 0.29) is 51.2 Å². The van der Waals surface area contributed by atoms with Crippen molar-refractivity contribution in [2.45, 2.75) is 73.7 Å². The molecule has 0 aliphatic carbocycles. The van der Waals surface area contributed by atoms with Crippen LogP contribution in [0.3, 0.4) is 0 Å². The van der Waals surface area contributed by atoms with Gasteiger partial charge in [-0.1, -0.05) is 4.98 Å². The number of aryl methyl sites for hydroxylation is 1. The van der Waals surface area contributed by atoms with E-state index in [0.29, 0.717) is 0 Å². The highest BCUT2D eigenvalue weighted by atomic mass is 31.3. The third-order valence-electron chi connectivity index (χ3n) is 11.3. The lowest BCUT2D eigenvalue weighted by atomic mass is 10.1. The molecule has 38 nitrogen and oxygen atoms in total. The number of nitrogens with two attached hydrogens (primary N) is 3. The van der Waals surface area contributed by atoms with Crippen LogP contribution in [0.2, 0.25) is 0 Å². The van der Waals surface area contributed by atoms with E-state index in [9.17, 15) is 67.8 Å². The highest BCUT2D eigenvalue weighted by Crippen LogP contribution is 2.68. The molecular formula is C31H41FN15O23P4+. The van der Waals surface area contributed by atoms with Gasteiger partial charge in [0.1, 0.15) is 60.7 Å². The minimum Gasteiger partial charge on any atom is -0.387 e. The third kappa shape index (κ3) is 10.5. The van der Waals surface area contributed by atoms with Crippen LogP contribution in [0.15, 0.2) is 34.9 Å². The molecule has 0 saturated carbocycles. The molecule has 9 rings (SSSR count). The first-order chi connectivity index (χ1) is 34.6. The van der Waals surface area contributed by atoms with Gasteiger partial charge >= 0.3 is 36.9 Å². The highest BCUT2D eigenvalue weighted by Gasteiger charge is 2.54. The number of aromatic nitrogens is 12. The standard InChI is InChI=1S/C31H40FN15O23P4/c1-44-8-47(24-15(44)26(53)43-31(35)41-24)29-19(51)17(49)10(66-29)3-63-72(56,57)69-74(60,61)70-73(58,59)64-4-11-20(12(32)27(67-11)45-6-38-13-21(33)36-5-37-22(13)45)68-71(54,55)62-2-9-16(48)18(50)28(65-9)46-7-39-14-23(46)40-30(34)42-25(14)52/h5-12,16-20,27-29,48-51H,2-4H2,1H3,(H11-,33,34,35,36,37,40,41,42,43,52,53,54,55,56,57,58,59,60,61)/p+1/t9-,10-,11-,12+,16?,17?,18+,19+,20?,27-,28-,29-/m1/s1. The molecule has 3 aliphatic heterocycles. The molecule has 16 N–H and O–H groups in total. The summed E-state index contributed by atoms with van der Waals surface area (Å²) in [4.78, 5) is 94.6. The number of nitrogens with zero attached hydrogens (tertiary/aromatic N) is 10. The number of hydrogen-bond donors (Lipinski definition) is 13. The Labute approximate surface area is 407 Å². The summed E-state index contributed by atoms with van der Waals surface area (Å²) in [5.74, 6) is -0.835. The molecule has 16 atom stereocenters. The quantitative estimate of drug-likeness (QED) is 0.0285. The maximum absolute atomic E-state index is 16.5. The molecule has 74 heavy (non-hydrogen) atoms. The molecule has 0 amide bonds. The fraction of sp³-hybridized carbons (Fsp3) is 0.516. The third-order valence-corrected chi connectivity index (χ3v) is 16.5. The van der Waals surface area contributed by atoms with Gasteiger partial charge in [0.05, 0.1) is 39.5 Å². The van der Waals surface area contributed by atoms with Gasteiger partial charge in [0.25, 0.3) is 17.1 Å². The van der Waals surface area contributed by atoms with Crippen LogP contribution in [-0.4, -0.2) is 168 Å². The van der Waals surface area contributed by atoms with Crippen LogP contribution in [0.5, 0.6) is 0 Å². The lowest BCUT2D eigenvalue weighted by molar-refractivity contribution is -0.745. The molecule has 9 heterocycles. The number of phosphoric acid groups is 4. The van der Waals surface area contributed by atoms with Gasteiger partial charge in [-0.3, -0.25) is 51.4 Å². The number of alkyl halides is 1. The molecule has 0 spiro atoms. The van der Waals surface area contributed by atoms with Crippen molar-refractivity contribution >= 4 is 82.5 Å². The van der Waals surface area contributed by atoms with E-state index >= 15 is 4.39 Å². The Morgan fingerprint density at radius 3 is 1.92 bits per heavy atom. The first-order valence-electron chi connectivity index (χ1n) is 20.7. The summed E-state index contributed by atoms with van der Waals surface area (Å²) in [6, 6.07) is 0. The largest absolute Gasteiger partial charge is 0.490 e. The van der Waals surface area contributed by atoms with Crippen LogP contribution in [0.1, 0.15) is 18.7 Å². The van der Waals surface area contributed by atoms with Crippen molar-refractivity contribution in [1.29, 1.82) is 0 Å². The van der Waals surface area contributed by atoms with Crippen molar-refractivity contribution in [3.05, 3.63) is 46.0 Å². The molecule has 6 aromatic rings. The van der Waals surface area contributed by atoms with Gasteiger partial charge in [0.2, 0.25) is 17.7 Å². The van der Waals surface area contributed by atoms with Gasteiger partial charge < -0.3 is 71.4 Å². The van der Waals surface area contributed by atoms with E-state index in [2.05, 4.69) is 53.0 Å². The normalized spacial score (nSPS) is 30.7. The number of H-pyrrole nitrogens is 2. The first kappa shape index (κ1) is 53.6. The summed E-state index contributed by atoms with van der Waals surface area (Å²) in [5.41, 5.74) is 14.9. The predicted octanol–water partition coefficient (Wildman–Crippen LogP) is -4.39. The molecule has 6 aromatic heterocycles. The molecule has 7 unspecified atom stereocenters. The van der Waals surface area contributed by atoms with Crippen molar-refractivity contribution in [1.82, 2.24) is 53.6 Å². The molecule has 43 heteroatoms. The number of nitrogens with one attached hydrogen (secondary N) is 2. The second-order valence-corrected chi connectivity index (χ2v) is 22.3. The lowest BCUT2D eigenvalue weighted by Gasteiger charge is -2.24. The Hall–Kier alpha value is -5.18. The Morgan fingerprint density at radius 1 is 0.689 bits per heavy atom. The van der Waals surface area contributed by atoms with Crippen LogP contribution in [0.25, 0.3) is 33.5 Å². The highest BCUT2D eigenvalue weighted by molar-refractivity contribution is 7.66. The predicted molar refractivity (Wildman–Crippen MR) is 233 cm³/mol. The zero-order valence-corrected chi connectivity index (χ0v) is 40.5. The van der Waals surface area contributed by atoms with Gasteiger partial charge in [-0.25, -0.2) is 47.2 Å². The molecule has 3 aliphatic rings. The molecule has 0 radical (unpaired) electrons. The van der Waals surface area contributed by atoms with E-state index in [1.54, 1.807) is 0 Å². The Kier molecular flexibility index (Phi) is 14.3. The van der Waals surface area contributed by atoms with E-state index < -0.39 is 136 Å². The monoisotopic (exact) mass is 1130 g/mol. The summed E-state index contributed by atoms with van der Waals surface area (Å²) in [6.45, 7) is -3.68. The van der Waals surface area contributed by atoms with Crippen molar-refractivity contribution < 1.29 is 108 Å². The minimum absolute atomic E-state index is 0.0358. The van der Waals surface area contributed by atoms with Gasteiger partial charge in [0, 0.05) is 0 Å². The van der Waals surface area contributed by atoms with E-state index in [1.807, 2.05) is 0 Å². The average Bonchev–Trinajstić information content (AvgIpc) is 4.15. The molecule has 0 aromatic carbocycles. The maximum Gasteiger partial charge on any atom is 0.490 e. The summed E-state index contributed by atoms with van der Waals surface area (Å²) >= 11 is 0. The van der Waals surface area contributed by atoms with Crippen molar-refractivity contribution in [3.63, 3.8) is 0 Å². The number of nitrogen functional groups attached to an aromatic ring is 3. The second kappa shape index (κ2) is 19.8. The number of imidazole rings is 3. The van der Waals surface area contributed by atoms with E-state index in [1.165, 1.54) is 17.9 Å². The SMILES string of the molecule is Cn1c[n+]([C@@H]2O[C@H](COP(=O)(O)OP(=O)(O)OP(=O)(O)OC[C@H]3O[C@@H](n4cnc5c(N)ncnc54)[C@@H](F)C3OP(=O)(O)OC[C@H]3O[C@@H](n4cnc5c(=O)[nH]c(N)nc54)[C@@H](O)C3O)C(O)[C@@H]2O)c2nc(N)[nH]c(=O)c21. The number of ether oxygens (including phenoxy) is 3. The molecule has 3 saturated heterocycles. The Morgan fingerprint density at radius 2 is 1.24 bits per heavy atom. The topological polar surface area (TPSA) is 553 Å². The summed E-state index contributed by atoms with van der Waals surface area (Å²) in [6.07, 6.45) is -18.6. The zero-order chi connectivity index (χ0) is 53.6. The van der Waals surface area contributed by atoms with Crippen molar-refractivity contribution in [2.24, 2.45) is 7.05 Å². The maximum atomic E-state index is 16.5. The van der Waals surface area contributed by atoms with E-state index in [0.717, 1.165) is 32.7 Å². The molecule has 404 valence electrons. The van der Waals surface area contributed by atoms with Crippen LogP contribution in [0, 0.1) is 0 Å².